The zero-order valence-corrected chi connectivity index (χ0v) is 34.2. The Hall–Kier alpha value is -7.52. The summed E-state index contributed by atoms with van der Waals surface area (Å²) in [5, 5.41) is 5.07. The molecular weight excluding hydrogens is 755 g/mol. The standard InChI is InChI=1S/C59H39NS/c1-3-17-46(18-4-1)59(47-19-5-2-6-20-47)51-23-11-9-21-49(51)57-52(59)24-13-25-53(57)60(54-26-14-28-56-58(54)50-22-10-12-27-55(50)61-56)48-37-35-42(36-38-48)41-29-31-43(32-30-41)45-34-33-40-15-7-8-16-44(40)39-45/h1-39H. The molecule has 11 aromatic rings. The summed E-state index contributed by atoms with van der Waals surface area (Å²) in [5.74, 6) is 0. The molecular formula is C59H39NS. The van der Waals surface area contributed by atoms with Crippen LogP contribution < -0.4 is 4.90 Å². The largest absolute Gasteiger partial charge is 0.309 e. The number of benzene rings is 10. The number of thiophene rings is 1. The summed E-state index contributed by atoms with van der Waals surface area (Å²) < 4.78 is 2.57. The summed E-state index contributed by atoms with van der Waals surface area (Å²) in [5.41, 5.74) is 15.4. The van der Waals surface area contributed by atoms with Gasteiger partial charge in [0.05, 0.1) is 16.8 Å². The molecule has 1 aromatic heterocycles. The van der Waals surface area contributed by atoms with E-state index >= 15 is 0 Å². The van der Waals surface area contributed by atoms with Gasteiger partial charge >= 0.3 is 0 Å². The zero-order valence-electron chi connectivity index (χ0n) is 33.4. The fourth-order valence-corrected chi connectivity index (χ4v) is 11.2. The second-order valence-corrected chi connectivity index (χ2v) is 17.1. The first-order valence-corrected chi connectivity index (χ1v) is 21.8. The van der Waals surface area contributed by atoms with Crippen molar-refractivity contribution in [1.29, 1.82) is 0 Å². The second-order valence-electron chi connectivity index (χ2n) is 16.0. The third kappa shape index (κ3) is 5.60. The Balaban J connectivity index is 1.05. The Bertz CT molecular complexity index is 3360. The summed E-state index contributed by atoms with van der Waals surface area (Å²) in [4.78, 5) is 2.52. The lowest BCUT2D eigenvalue weighted by Gasteiger charge is -2.34. The van der Waals surface area contributed by atoms with Crippen LogP contribution >= 0.6 is 11.3 Å². The van der Waals surface area contributed by atoms with Crippen LogP contribution in [0.5, 0.6) is 0 Å². The van der Waals surface area contributed by atoms with Gasteiger partial charge in [0.15, 0.2) is 0 Å². The van der Waals surface area contributed by atoms with Crippen molar-refractivity contribution >= 4 is 59.3 Å². The number of rotatable bonds is 7. The van der Waals surface area contributed by atoms with Crippen LogP contribution in [-0.2, 0) is 5.41 Å². The van der Waals surface area contributed by atoms with Gasteiger partial charge in [-0.1, -0.05) is 194 Å². The van der Waals surface area contributed by atoms with Crippen LogP contribution in [0, 0.1) is 0 Å². The van der Waals surface area contributed by atoms with Gasteiger partial charge in [-0.2, -0.15) is 0 Å². The average Bonchev–Trinajstić information content (AvgIpc) is 3.87. The lowest BCUT2D eigenvalue weighted by atomic mass is 9.68. The molecule has 1 heterocycles. The van der Waals surface area contributed by atoms with E-state index in [4.69, 9.17) is 0 Å². The molecule has 0 saturated heterocycles. The molecule has 2 heteroatoms. The summed E-state index contributed by atoms with van der Waals surface area (Å²) in [6.07, 6.45) is 0. The van der Waals surface area contributed by atoms with E-state index in [0.29, 0.717) is 0 Å². The normalized spacial score (nSPS) is 12.7. The minimum Gasteiger partial charge on any atom is -0.309 e. The van der Waals surface area contributed by atoms with Crippen LogP contribution in [0.2, 0.25) is 0 Å². The first kappa shape index (κ1) is 35.4. The molecule has 61 heavy (non-hydrogen) atoms. The first-order valence-electron chi connectivity index (χ1n) is 21.0. The van der Waals surface area contributed by atoms with Crippen LogP contribution in [0.15, 0.2) is 237 Å². The lowest BCUT2D eigenvalue weighted by Crippen LogP contribution is -2.28. The highest BCUT2D eigenvalue weighted by Gasteiger charge is 2.47. The molecule has 286 valence electrons. The summed E-state index contributed by atoms with van der Waals surface area (Å²) in [7, 11) is 0. The minimum atomic E-state index is -0.500. The Labute approximate surface area is 360 Å². The predicted octanol–water partition coefficient (Wildman–Crippen LogP) is 16.4. The fourth-order valence-electron chi connectivity index (χ4n) is 10.0. The molecule has 0 N–H and O–H groups in total. The molecule has 0 fully saturated rings. The predicted molar refractivity (Wildman–Crippen MR) is 260 cm³/mol. The van der Waals surface area contributed by atoms with Crippen molar-refractivity contribution in [2.45, 2.75) is 5.41 Å². The van der Waals surface area contributed by atoms with Crippen LogP contribution in [0.25, 0.3) is 64.3 Å². The maximum absolute atomic E-state index is 2.52. The van der Waals surface area contributed by atoms with Crippen LogP contribution in [0.3, 0.4) is 0 Å². The first-order chi connectivity index (χ1) is 30.3. The van der Waals surface area contributed by atoms with Crippen molar-refractivity contribution in [1.82, 2.24) is 0 Å². The Kier molecular flexibility index (Phi) is 8.33. The van der Waals surface area contributed by atoms with E-state index in [1.165, 1.54) is 92.3 Å². The highest BCUT2D eigenvalue weighted by Crippen LogP contribution is 2.60. The van der Waals surface area contributed by atoms with Gasteiger partial charge in [0.2, 0.25) is 0 Å². The number of hydrogen-bond acceptors (Lipinski definition) is 2. The van der Waals surface area contributed by atoms with E-state index < -0.39 is 5.41 Å². The third-order valence-electron chi connectivity index (χ3n) is 12.7. The summed E-state index contributed by atoms with van der Waals surface area (Å²) >= 11 is 1.86. The van der Waals surface area contributed by atoms with Crippen molar-refractivity contribution in [2.24, 2.45) is 0 Å². The van der Waals surface area contributed by atoms with Gasteiger partial charge in [0, 0.05) is 31.4 Å². The smallest absolute Gasteiger partial charge is 0.0714 e. The monoisotopic (exact) mass is 793 g/mol. The molecule has 0 atom stereocenters. The molecule has 0 bridgehead atoms. The van der Waals surface area contributed by atoms with Gasteiger partial charge in [-0.05, 0) is 103 Å². The Morgan fingerprint density at radius 3 is 1.66 bits per heavy atom. The SMILES string of the molecule is c1ccc(C2(c3ccccc3)c3ccccc3-c3c(N(c4ccc(-c5ccc(-c6ccc7ccccc7c6)cc5)cc4)c4cccc5sc6ccccc6c45)cccc32)cc1. The summed E-state index contributed by atoms with van der Waals surface area (Å²) in [6.45, 7) is 0. The summed E-state index contributed by atoms with van der Waals surface area (Å²) in [6, 6.07) is 87.3. The van der Waals surface area contributed by atoms with Gasteiger partial charge in [-0.15, -0.1) is 11.3 Å². The molecule has 0 spiro atoms. The maximum Gasteiger partial charge on any atom is 0.0714 e. The van der Waals surface area contributed by atoms with E-state index in [9.17, 15) is 0 Å². The van der Waals surface area contributed by atoms with Crippen LogP contribution in [0.4, 0.5) is 17.1 Å². The van der Waals surface area contributed by atoms with Crippen molar-refractivity contribution < 1.29 is 0 Å². The lowest BCUT2D eigenvalue weighted by molar-refractivity contribution is 0.768. The molecule has 0 radical (unpaired) electrons. The van der Waals surface area contributed by atoms with E-state index in [0.717, 1.165) is 11.4 Å². The molecule has 10 aromatic carbocycles. The minimum absolute atomic E-state index is 0.500. The Morgan fingerprint density at radius 2 is 0.902 bits per heavy atom. The third-order valence-corrected chi connectivity index (χ3v) is 13.9. The number of hydrogen-bond donors (Lipinski definition) is 0. The highest BCUT2D eigenvalue weighted by molar-refractivity contribution is 7.26. The average molecular weight is 794 g/mol. The molecule has 0 unspecified atom stereocenters. The van der Waals surface area contributed by atoms with Gasteiger partial charge in [0.25, 0.3) is 0 Å². The maximum atomic E-state index is 2.52. The Morgan fingerprint density at radius 1 is 0.361 bits per heavy atom. The molecule has 1 nitrogen and oxygen atoms in total. The molecule has 12 rings (SSSR count). The topological polar surface area (TPSA) is 3.24 Å². The van der Waals surface area contributed by atoms with Crippen molar-refractivity contribution in [3.63, 3.8) is 0 Å². The van der Waals surface area contributed by atoms with Gasteiger partial charge in [0.1, 0.15) is 0 Å². The van der Waals surface area contributed by atoms with Crippen LogP contribution in [-0.4, -0.2) is 0 Å². The van der Waals surface area contributed by atoms with Crippen LogP contribution in [0.1, 0.15) is 22.3 Å². The molecule has 0 aliphatic heterocycles. The van der Waals surface area contributed by atoms with Crippen molar-refractivity contribution in [3.8, 4) is 33.4 Å². The number of anilines is 3. The fraction of sp³-hybridized carbons (Fsp3) is 0.0169. The van der Waals surface area contributed by atoms with Crippen molar-refractivity contribution in [2.75, 3.05) is 4.90 Å². The van der Waals surface area contributed by atoms with E-state index in [-0.39, 0.29) is 0 Å². The van der Waals surface area contributed by atoms with Gasteiger partial charge in [-0.3, -0.25) is 0 Å². The van der Waals surface area contributed by atoms with Gasteiger partial charge in [-0.25, -0.2) is 0 Å². The van der Waals surface area contributed by atoms with E-state index in [1.807, 2.05) is 11.3 Å². The quantitative estimate of drug-likeness (QED) is 0.155. The van der Waals surface area contributed by atoms with E-state index in [2.05, 4.69) is 241 Å². The van der Waals surface area contributed by atoms with Gasteiger partial charge < -0.3 is 4.90 Å². The zero-order chi connectivity index (χ0) is 40.3. The second kappa shape index (κ2) is 14.3. The number of fused-ring (bicyclic) bond motifs is 7. The molecule has 1 aliphatic rings. The molecule has 0 saturated carbocycles. The highest BCUT2D eigenvalue weighted by atomic mass is 32.1. The van der Waals surface area contributed by atoms with Crippen molar-refractivity contribution in [3.05, 3.63) is 259 Å². The molecule has 0 amide bonds. The van der Waals surface area contributed by atoms with E-state index in [1.54, 1.807) is 0 Å². The molecule has 1 aliphatic carbocycles. The number of nitrogens with zero attached hydrogens (tertiary/aromatic N) is 1.